The molecular formula is C24H24N3O9P. The van der Waals surface area contributed by atoms with E-state index in [1.165, 1.54) is 0 Å². The van der Waals surface area contributed by atoms with Gasteiger partial charge in [0.2, 0.25) is 5.78 Å². The number of benzene rings is 2. The maximum Gasteiger partial charge on any atom is 0.469 e. The Morgan fingerprint density at radius 1 is 1.22 bits per heavy atom. The summed E-state index contributed by atoms with van der Waals surface area (Å²) in [6, 6.07) is 10.9. The number of rotatable bonds is 6. The quantitative estimate of drug-likeness (QED) is 0.203. The van der Waals surface area contributed by atoms with Gasteiger partial charge in [0.25, 0.3) is 5.56 Å². The van der Waals surface area contributed by atoms with Crippen molar-refractivity contribution in [1.82, 2.24) is 9.55 Å². The fourth-order valence-electron chi connectivity index (χ4n) is 3.96. The van der Waals surface area contributed by atoms with Gasteiger partial charge in [-0.3, -0.25) is 23.7 Å². The van der Waals surface area contributed by atoms with Crippen LogP contribution in [0.5, 0.6) is 0 Å². The van der Waals surface area contributed by atoms with Crippen molar-refractivity contribution in [2.75, 3.05) is 25.6 Å². The maximum atomic E-state index is 12.7. The number of hydrogen-bond acceptors (Lipinski definition) is 8. The molecule has 3 aromatic rings. The average Bonchev–Trinajstić information content (AvgIpc) is 3.23. The topological polar surface area (TPSA) is 171 Å². The van der Waals surface area contributed by atoms with Crippen molar-refractivity contribution in [3.8, 4) is 11.8 Å². The number of aliphatic hydroxyl groups excluding tert-OH is 1. The SMILES string of the molecule is CN(C)c1ccc2cc(C(=O)C#Cc3cn([C@H]4C[C@H](OP(=O)(O)O)[C@@H](CO)O4)c(=O)[nH]c3=O)ccc2c1. The summed E-state index contributed by atoms with van der Waals surface area (Å²) in [5, 5.41) is 11.2. The molecule has 1 aliphatic heterocycles. The highest BCUT2D eigenvalue weighted by molar-refractivity contribution is 7.46. The monoisotopic (exact) mass is 529 g/mol. The van der Waals surface area contributed by atoms with Gasteiger partial charge in [0.15, 0.2) is 0 Å². The Morgan fingerprint density at radius 3 is 2.59 bits per heavy atom. The normalized spacial score (nSPS) is 19.4. The second-order valence-corrected chi connectivity index (χ2v) is 9.80. The summed E-state index contributed by atoms with van der Waals surface area (Å²) < 4.78 is 22.3. The first kappa shape index (κ1) is 26.5. The summed E-state index contributed by atoms with van der Waals surface area (Å²) in [5.41, 5.74) is -0.558. The van der Waals surface area contributed by atoms with Gasteiger partial charge in [-0.1, -0.05) is 18.1 Å². The predicted octanol–water partition coefficient (Wildman–Crippen LogP) is 0.748. The van der Waals surface area contributed by atoms with E-state index in [1.807, 2.05) is 37.2 Å². The minimum atomic E-state index is -4.88. The van der Waals surface area contributed by atoms with Crippen molar-refractivity contribution < 1.29 is 33.5 Å². The third kappa shape index (κ3) is 6.06. The molecule has 1 saturated heterocycles. The van der Waals surface area contributed by atoms with Crippen LogP contribution >= 0.6 is 7.82 Å². The number of carbonyl (C=O) groups excluding carboxylic acids is 1. The molecule has 1 aromatic heterocycles. The summed E-state index contributed by atoms with van der Waals surface area (Å²) in [6.07, 6.45) is -2.53. The number of aromatic nitrogens is 2. The standard InChI is InChI=1S/C24H24N3O9P/c1-26(2)18-7-5-14-9-16(4-3-15(14)10-18)19(29)8-6-17-12-27(24(31)25-23(17)30)22-11-20(21(13-28)35-22)36-37(32,33)34/h3-5,7,9-10,12,20-22,28H,11,13H2,1-2H3,(H,25,30,31)(H2,32,33,34)/t20-,21+,22+/m0/s1. The van der Waals surface area contributed by atoms with E-state index in [4.69, 9.17) is 14.5 Å². The average molecular weight is 529 g/mol. The first-order chi connectivity index (χ1) is 17.4. The molecule has 0 bridgehead atoms. The number of ether oxygens (including phenoxy) is 1. The first-order valence-electron chi connectivity index (χ1n) is 11.1. The van der Waals surface area contributed by atoms with Crippen LogP contribution in [-0.4, -0.2) is 63.1 Å². The third-order valence-electron chi connectivity index (χ3n) is 5.82. The number of aliphatic hydroxyl groups is 1. The zero-order chi connectivity index (χ0) is 26.9. The van der Waals surface area contributed by atoms with Gasteiger partial charge in [-0.05, 0) is 41.0 Å². The van der Waals surface area contributed by atoms with Crippen LogP contribution in [0.25, 0.3) is 10.8 Å². The Labute approximate surface area is 210 Å². The van der Waals surface area contributed by atoms with Crippen LogP contribution in [0.15, 0.2) is 52.2 Å². The number of anilines is 1. The molecule has 194 valence electrons. The molecule has 37 heavy (non-hydrogen) atoms. The molecule has 0 radical (unpaired) electrons. The summed E-state index contributed by atoms with van der Waals surface area (Å²) in [7, 11) is -1.03. The summed E-state index contributed by atoms with van der Waals surface area (Å²) in [5.74, 6) is 4.35. The lowest BCUT2D eigenvalue weighted by Crippen LogP contribution is -2.33. The van der Waals surface area contributed by atoms with Crippen LogP contribution in [0.3, 0.4) is 0 Å². The van der Waals surface area contributed by atoms with Gasteiger partial charge in [0.1, 0.15) is 24.0 Å². The van der Waals surface area contributed by atoms with Crippen LogP contribution in [0.2, 0.25) is 0 Å². The van der Waals surface area contributed by atoms with E-state index >= 15 is 0 Å². The molecule has 1 aliphatic rings. The Morgan fingerprint density at radius 2 is 1.92 bits per heavy atom. The number of carbonyl (C=O) groups is 1. The molecule has 4 N–H and O–H groups in total. The second kappa shape index (κ2) is 10.4. The molecule has 2 aromatic carbocycles. The zero-order valence-corrected chi connectivity index (χ0v) is 20.7. The van der Waals surface area contributed by atoms with E-state index in [9.17, 15) is 24.1 Å². The largest absolute Gasteiger partial charge is 0.469 e. The second-order valence-electron chi connectivity index (χ2n) is 8.61. The predicted molar refractivity (Wildman–Crippen MR) is 133 cm³/mol. The lowest BCUT2D eigenvalue weighted by atomic mass is 10.0. The Balaban J connectivity index is 1.59. The fraction of sp³-hybridized carbons (Fsp3) is 0.292. The van der Waals surface area contributed by atoms with Crippen LogP contribution in [0.1, 0.15) is 28.6 Å². The van der Waals surface area contributed by atoms with Crippen LogP contribution in [0.4, 0.5) is 5.69 Å². The smallest absolute Gasteiger partial charge is 0.394 e. The van der Waals surface area contributed by atoms with Crippen molar-refractivity contribution in [3.05, 3.63) is 74.6 Å². The Hall–Kier alpha value is -3.56. The number of hydrogen-bond donors (Lipinski definition) is 4. The Kier molecular flexibility index (Phi) is 7.47. The molecule has 0 spiro atoms. The van der Waals surface area contributed by atoms with Gasteiger partial charge >= 0.3 is 13.5 Å². The lowest BCUT2D eigenvalue weighted by Gasteiger charge is -2.16. The number of Topliss-reactive ketones (excluding diaryl/α,β-unsaturated/α-hetero) is 1. The molecule has 0 unspecified atom stereocenters. The fourth-order valence-corrected chi connectivity index (χ4v) is 4.53. The number of H-pyrrole nitrogens is 1. The van der Waals surface area contributed by atoms with Gasteiger partial charge in [-0.2, -0.15) is 0 Å². The van der Waals surface area contributed by atoms with E-state index in [0.717, 1.165) is 27.2 Å². The number of ketones is 1. The van der Waals surface area contributed by atoms with Crippen molar-refractivity contribution in [2.45, 2.75) is 24.9 Å². The number of nitrogens with one attached hydrogen (secondary N) is 1. The molecule has 3 atom stereocenters. The van der Waals surface area contributed by atoms with Crippen LogP contribution < -0.4 is 16.1 Å². The van der Waals surface area contributed by atoms with E-state index in [2.05, 4.69) is 21.3 Å². The first-order valence-corrected chi connectivity index (χ1v) is 12.6. The molecule has 4 rings (SSSR count). The van der Waals surface area contributed by atoms with Crippen molar-refractivity contribution in [3.63, 3.8) is 0 Å². The van der Waals surface area contributed by atoms with E-state index < -0.39 is 49.9 Å². The molecule has 1 fully saturated rings. The highest BCUT2D eigenvalue weighted by Gasteiger charge is 2.40. The Bertz CT molecular complexity index is 1580. The van der Waals surface area contributed by atoms with Crippen LogP contribution in [-0.2, 0) is 13.8 Å². The lowest BCUT2D eigenvalue weighted by molar-refractivity contribution is -0.0452. The van der Waals surface area contributed by atoms with Gasteiger partial charge in [0.05, 0.1) is 6.61 Å². The highest BCUT2D eigenvalue weighted by Crippen LogP contribution is 2.43. The van der Waals surface area contributed by atoms with Gasteiger partial charge in [0, 0.05) is 38.0 Å². The minimum absolute atomic E-state index is 0.194. The van der Waals surface area contributed by atoms with E-state index in [1.54, 1.807) is 18.2 Å². The number of nitrogens with zero attached hydrogens (tertiary/aromatic N) is 2. The zero-order valence-electron chi connectivity index (χ0n) is 19.8. The molecule has 0 amide bonds. The van der Waals surface area contributed by atoms with Crippen molar-refractivity contribution in [1.29, 1.82) is 0 Å². The molecule has 0 saturated carbocycles. The number of phosphoric ester groups is 1. The maximum absolute atomic E-state index is 12.7. The van der Waals surface area contributed by atoms with Gasteiger partial charge in [-0.15, -0.1) is 0 Å². The molecular weight excluding hydrogens is 505 g/mol. The van der Waals surface area contributed by atoms with Crippen LogP contribution in [0, 0.1) is 11.8 Å². The summed E-state index contributed by atoms with van der Waals surface area (Å²) in [6.45, 7) is -0.622. The number of phosphoric acid groups is 1. The summed E-state index contributed by atoms with van der Waals surface area (Å²) >= 11 is 0. The van der Waals surface area contributed by atoms with Gasteiger partial charge in [-0.25, -0.2) is 9.36 Å². The van der Waals surface area contributed by atoms with Gasteiger partial charge < -0.3 is 24.5 Å². The number of fused-ring (bicyclic) bond motifs is 1. The molecule has 2 heterocycles. The minimum Gasteiger partial charge on any atom is -0.394 e. The molecule has 13 heteroatoms. The highest BCUT2D eigenvalue weighted by atomic mass is 31.2. The van der Waals surface area contributed by atoms with E-state index in [0.29, 0.717) is 5.56 Å². The third-order valence-corrected chi connectivity index (χ3v) is 6.37. The molecule has 12 nitrogen and oxygen atoms in total. The number of aromatic amines is 1. The van der Waals surface area contributed by atoms with Crippen molar-refractivity contribution in [2.24, 2.45) is 0 Å². The summed E-state index contributed by atoms with van der Waals surface area (Å²) in [4.78, 5) is 59.6. The van der Waals surface area contributed by atoms with Crippen molar-refractivity contribution >= 4 is 30.1 Å². The molecule has 0 aliphatic carbocycles. The van der Waals surface area contributed by atoms with E-state index in [-0.39, 0.29) is 12.0 Å².